The minimum absolute atomic E-state index is 0.147. The molecule has 0 amide bonds. The zero-order valence-corrected chi connectivity index (χ0v) is 12.7. The largest absolute Gasteiger partial charge is 0.313 e. The molecule has 0 bridgehead atoms. The summed E-state index contributed by atoms with van der Waals surface area (Å²) in [5.74, 6) is 0.787. The van der Waals surface area contributed by atoms with Crippen molar-refractivity contribution in [3.05, 3.63) is 35.6 Å². The number of benzene rings is 1. The fraction of sp³-hybridized carbons (Fsp3) is 0.647. The van der Waals surface area contributed by atoms with Gasteiger partial charge < -0.3 is 10.2 Å². The first-order valence-corrected chi connectivity index (χ1v) is 7.88. The van der Waals surface area contributed by atoms with E-state index in [1.54, 1.807) is 12.1 Å². The molecule has 1 saturated carbocycles. The van der Waals surface area contributed by atoms with Gasteiger partial charge in [0.2, 0.25) is 0 Å². The van der Waals surface area contributed by atoms with Crippen LogP contribution in [0.4, 0.5) is 4.39 Å². The summed E-state index contributed by atoms with van der Waals surface area (Å²) >= 11 is 0. The number of nitrogens with zero attached hydrogens (tertiary/aromatic N) is 1. The molecule has 0 radical (unpaired) electrons. The Labute approximate surface area is 122 Å². The summed E-state index contributed by atoms with van der Waals surface area (Å²) in [6, 6.07) is 7.20. The molecule has 1 fully saturated rings. The molecule has 1 unspecified atom stereocenters. The van der Waals surface area contributed by atoms with Crippen LogP contribution in [-0.2, 0) is 0 Å². The Morgan fingerprint density at radius 2 is 2.15 bits per heavy atom. The number of halogens is 1. The van der Waals surface area contributed by atoms with Crippen LogP contribution in [0.3, 0.4) is 0 Å². The van der Waals surface area contributed by atoms with Crippen LogP contribution in [0, 0.1) is 11.7 Å². The number of rotatable bonds is 9. The van der Waals surface area contributed by atoms with Crippen LogP contribution in [0.25, 0.3) is 0 Å². The van der Waals surface area contributed by atoms with Crippen LogP contribution >= 0.6 is 0 Å². The molecular formula is C17H27FN2. The van der Waals surface area contributed by atoms with Gasteiger partial charge in [-0.3, -0.25) is 0 Å². The minimum Gasteiger partial charge on any atom is -0.313 e. The molecule has 0 spiro atoms. The molecule has 1 atom stereocenters. The normalized spacial score (nSPS) is 16.6. The lowest BCUT2D eigenvalue weighted by Gasteiger charge is -2.25. The highest BCUT2D eigenvalue weighted by molar-refractivity contribution is 5.20. The zero-order chi connectivity index (χ0) is 14.4. The highest BCUT2D eigenvalue weighted by Gasteiger charge is 2.24. The van der Waals surface area contributed by atoms with Gasteiger partial charge in [-0.05, 0) is 69.4 Å². The van der Waals surface area contributed by atoms with Crippen molar-refractivity contribution < 1.29 is 4.39 Å². The highest BCUT2D eigenvalue weighted by Crippen LogP contribution is 2.30. The van der Waals surface area contributed by atoms with E-state index in [0.717, 1.165) is 24.4 Å². The van der Waals surface area contributed by atoms with E-state index in [4.69, 9.17) is 0 Å². The first-order valence-electron chi connectivity index (χ1n) is 7.88. The van der Waals surface area contributed by atoms with Crippen molar-refractivity contribution >= 4 is 0 Å². The Balaban J connectivity index is 1.87. The van der Waals surface area contributed by atoms with E-state index < -0.39 is 0 Å². The standard InChI is InChI=1S/C17H27FN2/c1-3-10-20(13-14-7-8-14)11-9-17(19-2)15-5-4-6-16(18)12-15/h4-6,12,14,17,19H,3,7-11,13H2,1-2H3. The topological polar surface area (TPSA) is 15.3 Å². The van der Waals surface area contributed by atoms with Crippen molar-refractivity contribution in [2.75, 3.05) is 26.7 Å². The summed E-state index contributed by atoms with van der Waals surface area (Å²) in [4.78, 5) is 2.57. The van der Waals surface area contributed by atoms with Crippen molar-refractivity contribution in [3.8, 4) is 0 Å². The fourth-order valence-electron chi connectivity index (χ4n) is 2.79. The molecule has 0 saturated heterocycles. The van der Waals surface area contributed by atoms with Crippen LogP contribution in [-0.4, -0.2) is 31.6 Å². The van der Waals surface area contributed by atoms with Crippen molar-refractivity contribution in [2.45, 2.75) is 38.6 Å². The molecule has 112 valence electrons. The molecule has 1 N–H and O–H groups in total. The molecule has 2 nitrogen and oxygen atoms in total. The van der Waals surface area contributed by atoms with E-state index in [2.05, 4.69) is 17.1 Å². The highest BCUT2D eigenvalue weighted by atomic mass is 19.1. The van der Waals surface area contributed by atoms with Crippen LogP contribution in [0.2, 0.25) is 0 Å². The van der Waals surface area contributed by atoms with Gasteiger partial charge in [0, 0.05) is 12.6 Å². The van der Waals surface area contributed by atoms with E-state index in [1.807, 2.05) is 13.1 Å². The van der Waals surface area contributed by atoms with Crippen molar-refractivity contribution in [1.82, 2.24) is 10.2 Å². The summed E-state index contributed by atoms with van der Waals surface area (Å²) in [6.45, 7) is 5.75. The Bertz CT molecular complexity index is 404. The van der Waals surface area contributed by atoms with Gasteiger partial charge in [-0.15, -0.1) is 0 Å². The Morgan fingerprint density at radius 1 is 1.35 bits per heavy atom. The van der Waals surface area contributed by atoms with Crippen molar-refractivity contribution in [3.63, 3.8) is 0 Å². The molecule has 3 heteroatoms. The number of nitrogens with one attached hydrogen (secondary N) is 1. The summed E-state index contributed by atoms with van der Waals surface area (Å²) in [5, 5.41) is 3.32. The fourth-order valence-corrected chi connectivity index (χ4v) is 2.79. The number of hydrogen-bond acceptors (Lipinski definition) is 2. The molecule has 1 aromatic carbocycles. The quantitative estimate of drug-likeness (QED) is 0.742. The lowest BCUT2D eigenvalue weighted by atomic mass is 10.0. The summed E-state index contributed by atoms with van der Waals surface area (Å²) in [6.07, 6.45) is 5.04. The van der Waals surface area contributed by atoms with E-state index in [-0.39, 0.29) is 11.9 Å². The molecule has 0 aliphatic heterocycles. The third-order valence-electron chi connectivity index (χ3n) is 4.09. The van der Waals surface area contributed by atoms with E-state index >= 15 is 0 Å². The van der Waals surface area contributed by atoms with Gasteiger partial charge >= 0.3 is 0 Å². The van der Waals surface area contributed by atoms with E-state index in [1.165, 1.54) is 38.4 Å². The molecule has 1 aromatic rings. The van der Waals surface area contributed by atoms with Crippen molar-refractivity contribution in [2.24, 2.45) is 5.92 Å². The molecule has 0 heterocycles. The SMILES string of the molecule is CCCN(CCC(NC)c1cccc(F)c1)CC1CC1. The van der Waals surface area contributed by atoms with E-state index in [0.29, 0.717) is 0 Å². The Morgan fingerprint density at radius 3 is 2.75 bits per heavy atom. The minimum atomic E-state index is -0.147. The van der Waals surface area contributed by atoms with Crippen LogP contribution in [0.15, 0.2) is 24.3 Å². The first kappa shape index (κ1) is 15.5. The van der Waals surface area contributed by atoms with Crippen LogP contribution < -0.4 is 5.32 Å². The smallest absolute Gasteiger partial charge is 0.123 e. The average molecular weight is 278 g/mol. The monoisotopic (exact) mass is 278 g/mol. The summed E-state index contributed by atoms with van der Waals surface area (Å²) < 4.78 is 13.3. The second-order valence-corrected chi connectivity index (χ2v) is 5.93. The van der Waals surface area contributed by atoms with Gasteiger partial charge in [0.25, 0.3) is 0 Å². The lowest BCUT2D eigenvalue weighted by molar-refractivity contribution is 0.249. The maximum Gasteiger partial charge on any atom is 0.123 e. The first-order chi connectivity index (χ1) is 9.72. The molecule has 1 aliphatic carbocycles. The number of hydrogen-bond donors (Lipinski definition) is 1. The maximum atomic E-state index is 13.3. The summed E-state index contributed by atoms with van der Waals surface area (Å²) in [7, 11) is 1.96. The van der Waals surface area contributed by atoms with Gasteiger partial charge in [0.1, 0.15) is 5.82 Å². The van der Waals surface area contributed by atoms with Crippen LogP contribution in [0.1, 0.15) is 44.2 Å². The molecule has 0 aromatic heterocycles. The second kappa shape index (κ2) is 7.75. The predicted octanol–water partition coefficient (Wildman–Crippen LogP) is 3.60. The van der Waals surface area contributed by atoms with E-state index in [9.17, 15) is 4.39 Å². The summed E-state index contributed by atoms with van der Waals surface area (Å²) in [5.41, 5.74) is 1.05. The van der Waals surface area contributed by atoms with Gasteiger partial charge in [-0.25, -0.2) is 4.39 Å². The second-order valence-electron chi connectivity index (χ2n) is 5.93. The Hall–Kier alpha value is -0.930. The molecule has 1 aliphatic rings. The molecule has 20 heavy (non-hydrogen) atoms. The van der Waals surface area contributed by atoms with Gasteiger partial charge in [0.15, 0.2) is 0 Å². The van der Waals surface area contributed by atoms with Gasteiger partial charge in [0.05, 0.1) is 0 Å². The van der Waals surface area contributed by atoms with Gasteiger partial charge in [-0.2, -0.15) is 0 Å². The lowest BCUT2D eigenvalue weighted by Crippen LogP contribution is -2.31. The maximum absolute atomic E-state index is 13.3. The van der Waals surface area contributed by atoms with Gasteiger partial charge in [-0.1, -0.05) is 19.1 Å². The molecular weight excluding hydrogens is 251 g/mol. The Kier molecular flexibility index (Phi) is 5.99. The predicted molar refractivity (Wildman–Crippen MR) is 82.3 cm³/mol. The molecule has 2 rings (SSSR count). The third kappa shape index (κ3) is 4.88. The third-order valence-corrected chi connectivity index (χ3v) is 4.09. The zero-order valence-electron chi connectivity index (χ0n) is 12.7. The van der Waals surface area contributed by atoms with Crippen molar-refractivity contribution in [1.29, 1.82) is 0 Å². The average Bonchev–Trinajstić information content (AvgIpc) is 3.23. The van der Waals surface area contributed by atoms with Crippen LogP contribution in [0.5, 0.6) is 0 Å².